The van der Waals surface area contributed by atoms with Crippen LogP contribution < -0.4 is 16.4 Å². The number of carbonyl (C=O) groups excluding carboxylic acids is 3. The predicted octanol–water partition coefficient (Wildman–Crippen LogP) is -1.61. The Morgan fingerprint density at radius 2 is 1.71 bits per heavy atom. The molecule has 1 aliphatic rings. The number of rotatable bonds is 21. The highest BCUT2D eigenvalue weighted by Crippen LogP contribution is 2.61. The quantitative estimate of drug-likeness (QED) is 0.0383. The third-order valence-corrected chi connectivity index (χ3v) is 11.6. The summed E-state index contributed by atoms with van der Waals surface area (Å²) < 4.78 is 61.9. The van der Waals surface area contributed by atoms with Crippen molar-refractivity contribution in [3.05, 3.63) is 12.7 Å². The first kappa shape index (κ1) is 46.4. The lowest BCUT2D eigenvalue weighted by atomic mass is 9.87. The number of hydrogen-bond acceptors (Lipinski definition) is 19. The van der Waals surface area contributed by atoms with Crippen LogP contribution in [0.4, 0.5) is 5.82 Å². The second kappa shape index (κ2) is 19.0. The summed E-state index contributed by atoms with van der Waals surface area (Å²) in [6.45, 7) is 1.35. The Balaban J connectivity index is 1.50. The largest absolute Gasteiger partial charge is 0.481 e. The summed E-state index contributed by atoms with van der Waals surface area (Å²) in [6, 6.07) is 0. The Morgan fingerprint density at radius 1 is 1.05 bits per heavy atom. The molecule has 1 saturated heterocycles. The van der Waals surface area contributed by atoms with Crippen molar-refractivity contribution in [1.29, 1.82) is 0 Å². The molecule has 2 amide bonds. The standard InChI is InChI=1S/C25H40N7O19P3S/c1-12(23(37)38)24(39)55-7-6-27-14(33)4-5-28-21(36)18(35)25(2,3)9-48-54(45,46)51-53(43,44)47-8-13-17(50-52(40,41)42)16(34)22(49-13)32-11-31-15-19(26)29-10-30-20(15)32/h10-13,16-18,22,34-35H,4-9H2,1-3H3,(H,27,33)(H,28,36)(H,37,38)(H,43,44)(H,45,46)(H2,26,29,30)(H2,40,41,42)/t12-,13-,16-,17-,18+,22-/m1/s1. The van der Waals surface area contributed by atoms with Crippen molar-refractivity contribution < 1.29 is 90.4 Å². The molecule has 2 unspecified atom stereocenters. The Kier molecular flexibility index (Phi) is 16.0. The maximum absolute atomic E-state index is 12.6. The lowest BCUT2D eigenvalue weighted by molar-refractivity contribution is -0.143. The van der Waals surface area contributed by atoms with Crippen molar-refractivity contribution in [2.24, 2.45) is 11.3 Å². The number of carboxylic acids is 1. The van der Waals surface area contributed by atoms with E-state index in [1.54, 1.807) is 0 Å². The monoisotopic (exact) mass is 867 g/mol. The summed E-state index contributed by atoms with van der Waals surface area (Å²) >= 11 is 0.726. The van der Waals surface area contributed by atoms with Gasteiger partial charge in [0.1, 0.15) is 42.2 Å². The Bertz CT molecular complexity index is 1860. The van der Waals surface area contributed by atoms with Crippen LogP contribution in [0, 0.1) is 11.3 Å². The van der Waals surface area contributed by atoms with E-state index >= 15 is 0 Å². The van der Waals surface area contributed by atoms with Gasteiger partial charge in [0.2, 0.25) is 16.9 Å². The molecule has 26 nitrogen and oxygen atoms in total. The number of hydrogen-bond donors (Lipinski definition) is 10. The van der Waals surface area contributed by atoms with Crippen molar-refractivity contribution >= 4 is 75.1 Å². The van der Waals surface area contributed by atoms with E-state index in [-0.39, 0.29) is 42.2 Å². The zero-order valence-electron chi connectivity index (χ0n) is 29.0. The minimum Gasteiger partial charge on any atom is -0.481 e. The molecule has 1 fully saturated rings. The van der Waals surface area contributed by atoms with Gasteiger partial charge in [0.05, 0.1) is 19.5 Å². The molecule has 0 aliphatic carbocycles. The Labute approximate surface area is 314 Å². The molecule has 310 valence electrons. The van der Waals surface area contributed by atoms with Crippen LogP contribution in [-0.4, -0.2) is 134 Å². The Hall–Kier alpha value is -2.97. The van der Waals surface area contributed by atoms with Crippen molar-refractivity contribution in [3.63, 3.8) is 0 Å². The topological polar surface area (TPSA) is 401 Å². The number of nitrogens with one attached hydrogen (secondary N) is 2. The van der Waals surface area contributed by atoms with Gasteiger partial charge in [0, 0.05) is 30.7 Å². The molecule has 0 saturated carbocycles. The molecule has 0 spiro atoms. The SMILES string of the molecule is C[C@H](C(=O)O)C(=O)SCCNC(=O)CCNC(=O)[C@H](O)C(C)(C)COP(=O)(O)OP(=O)(O)OC[C@H]1O[C@@H](n2cnc3c(N)ncnc32)[C@H](O)[C@@H]1OP(=O)(O)O. The molecule has 1 aliphatic heterocycles. The lowest BCUT2D eigenvalue weighted by Crippen LogP contribution is -2.46. The molecular weight excluding hydrogens is 827 g/mol. The van der Waals surface area contributed by atoms with Gasteiger partial charge in [-0.05, 0) is 6.92 Å². The van der Waals surface area contributed by atoms with Crippen LogP contribution in [-0.2, 0) is 55.5 Å². The zero-order chi connectivity index (χ0) is 41.5. The van der Waals surface area contributed by atoms with Crippen LogP contribution in [0.2, 0.25) is 0 Å². The fourth-order valence-electron chi connectivity index (χ4n) is 4.51. The first-order valence-electron chi connectivity index (χ1n) is 15.6. The van der Waals surface area contributed by atoms with Gasteiger partial charge in [-0.2, -0.15) is 4.31 Å². The number of amides is 2. The van der Waals surface area contributed by atoms with E-state index in [4.69, 9.17) is 24.6 Å². The van der Waals surface area contributed by atoms with Crippen LogP contribution >= 0.6 is 35.2 Å². The van der Waals surface area contributed by atoms with Crippen LogP contribution in [0.25, 0.3) is 11.2 Å². The highest BCUT2D eigenvalue weighted by atomic mass is 32.2. The molecule has 2 aromatic heterocycles. The van der Waals surface area contributed by atoms with Gasteiger partial charge in [-0.15, -0.1) is 0 Å². The van der Waals surface area contributed by atoms with Crippen molar-refractivity contribution in [3.8, 4) is 0 Å². The number of anilines is 1. The number of imidazole rings is 1. The number of ether oxygens (including phenoxy) is 1. The van der Waals surface area contributed by atoms with Gasteiger partial charge >= 0.3 is 29.4 Å². The molecule has 8 atom stereocenters. The number of carbonyl (C=O) groups is 4. The van der Waals surface area contributed by atoms with Crippen LogP contribution in [0.1, 0.15) is 33.4 Å². The summed E-state index contributed by atoms with van der Waals surface area (Å²) in [5.41, 5.74) is 4.19. The summed E-state index contributed by atoms with van der Waals surface area (Å²) in [4.78, 5) is 97.8. The average molecular weight is 868 g/mol. The number of nitrogens with two attached hydrogens (primary N) is 1. The maximum Gasteiger partial charge on any atom is 0.481 e. The highest BCUT2D eigenvalue weighted by molar-refractivity contribution is 8.13. The smallest absolute Gasteiger partial charge is 0.481 e. The average Bonchev–Trinajstić information content (AvgIpc) is 3.64. The second-order valence-corrected chi connectivity index (χ2v) is 17.6. The molecule has 3 heterocycles. The predicted molar refractivity (Wildman–Crippen MR) is 184 cm³/mol. The zero-order valence-corrected chi connectivity index (χ0v) is 32.5. The number of aliphatic hydroxyl groups excluding tert-OH is 2. The normalized spacial score (nSPS) is 22.3. The van der Waals surface area contributed by atoms with E-state index in [9.17, 15) is 62.7 Å². The van der Waals surface area contributed by atoms with E-state index in [0.29, 0.717) is 0 Å². The number of fused-ring (bicyclic) bond motifs is 1. The number of phosphoric ester groups is 3. The third-order valence-electron chi connectivity index (χ3n) is 7.47. The number of nitrogens with zero attached hydrogens (tertiary/aromatic N) is 4. The summed E-state index contributed by atoms with van der Waals surface area (Å²) in [5, 5.41) is 34.3. The van der Waals surface area contributed by atoms with Gasteiger partial charge in [-0.25, -0.2) is 28.6 Å². The first-order valence-corrected chi connectivity index (χ1v) is 21.1. The van der Waals surface area contributed by atoms with Crippen LogP contribution in [0.5, 0.6) is 0 Å². The number of aliphatic carboxylic acids is 1. The lowest BCUT2D eigenvalue weighted by Gasteiger charge is -2.30. The number of carboxylic acid groups (broad SMARTS) is 1. The molecule has 0 bridgehead atoms. The van der Waals surface area contributed by atoms with Gasteiger partial charge in [0.25, 0.3) is 0 Å². The number of thioether (sulfide) groups is 1. The van der Waals surface area contributed by atoms with Gasteiger partial charge in [-0.1, -0.05) is 25.6 Å². The molecule has 0 radical (unpaired) electrons. The van der Waals surface area contributed by atoms with Crippen LogP contribution in [0.15, 0.2) is 12.7 Å². The fourth-order valence-corrected chi connectivity index (χ4v) is 8.09. The van der Waals surface area contributed by atoms with Gasteiger partial charge in [-0.3, -0.25) is 37.3 Å². The van der Waals surface area contributed by atoms with E-state index in [0.717, 1.165) is 29.0 Å². The van der Waals surface area contributed by atoms with E-state index < -0.39 is 102 Å². The minimum atomic E-state index is -5.59. The third kappa shape index (κ3) is 13.6. The Morgan fingerprint density at radius 3 is 2.35 bits per heavy atom. The minimum absolute atomic E-state index is 0.0183. The first-order chi connectivity index (χ1) is 25.3. The van der Waals surface area contributed by atoms with E-state index in [2.05, 4.69) is 34.4 Å². The van der Waals surface area contributed by atoms with Gasteiger partial charge in [0.15, 0.2) is 17.7 Å². The highest BCUT2D eigenvalue weighted by Gasteiger charge is 2.50. The fraction of sp³-hybridized carbons (Fsp3) is 0.640. The molecule has 3 rings (SSSR count). The molecule has 2 aromatic rings. The molecule has 0 aromatic carbocycles. The summed E-state index contributed by atoms with van der Waals surface area (Å²) in [5.74, 6) is -4.01. The number of aliphatic hydroxyl groups is 2. The maximum atomic E-state index is 12.6. The van der Waals surface area contributed by atoms with Crippen molar-refractivity contribution in [2.75, 3.05) is 37.8 Å². The number of phosphoric acid groups is 3. The summed E-state index contributed by atoms with van der Waals surface area (Å²) in [7, 11) is -16.4. The number of aromatic nitrogens is 4. The molecule has 55 heavy (non-hydrogen) atoms. The summed E-state index contributed by atoms with van der Waals surface area (Å²) in [6.07, 6.45) is -7.13. The van der Waals surface area contributed by atoms with E-state index in [1.165, 1.54) is 20.8 Å². The van der Waals surface area contributed by atoms with Crippen molar-refractivity contribution in [2.45, 2.75) is 57.8 Å². The molecule has 30 heteroatoms. The second-order valence-electron chi connectivity index (χ2n) is 12.3. The molecular formula is C25H40N7O19P3S. The molecule has 11 N–H and O–H groups in total. The van der Waals surface area contributed by atoms with Gasteiger partial charge < -0.3 is 56.0 Å². The van der Waals surface area contributed by atoms with E-state index in [1.807, 2.05) is 0 Å². The van der Waals surface area contributed by atoms with Crippen molar-refractivity contribution in [1.82, 2.24) is 30.2 Å². The van der Waals surface area contributed by atoms with Crippen LogP contribution in [0.3, 0.4) is 0 Å². The number of nitrogen functional groups attached to an aromatic ring is 1.